The highest BCUT2D eigenvalue weighted by Gasteiger charge is 2.37. The molecule has 2 heterocycles. The summed E-state index contributed by atoms with van der Waals surface area (Å²) in [5, 5.41) is 0. The van der Waals surface area contributed by atoms with Gasteiger partial charge in [0.25, 0.3) is 0 Å². The molecular formula is C22H19NO5. The van der Waals surface area contributed by atoms with E-state index in [0.29, 0.717) is 29.6 Å². The van der Waals surface area contributed by atoms with Crippen LogP contribution >= 0.6 is 0 Å². The number of nitrogens with zero attached hydrogens (tertiary/aromatic N) is 1. The van der Waals surface area contributed by atoms with Gasteiger partial charge in [-0.2, -0.15) is 0 Å². The van der Waals surface area contributed by atoms with Gasteiger partial charge in [-0.3, -0.25) is 9.69 Å². The third-order valence-electron chi connectivity index (χ3n) is 5.34. The number of benzene rings is 2. The first-order valence-electron chi connectivity index (χ1n) is 9.29. The summed E-state index contributed by atoms with van der Waals surface area (Å²) in [4.78, 5) is 26.6. The van der Waals surface area contributed by atoms with Gasteiger partial charge in [0.05, 0.1) is 23.8 Å². The van der Waals surface area contributed by atoms with Gasteiger partial charge in [-0.25, -0.2) is 4.79 Å². The molecule has 142 valence electrons. The molecule has 6 heteroatoms. The number of methoxy groups -OCH3 is 1. The number of esters is 1. The smallest absolute Gasteiger partial charge is 0.337 e. The molecular weight excluding hydrogens is 358 g/mol. The maximum absolute atomic E-state index is 12.8. The zero-order valence-electron chi connectivity index (χ0n) is 15.4. The van der Waals surface area contributed by atoms with E-state index >= 15 is 0 Å². The standard InChI is InChI=1S/C22H19NO5/c1-26-22(25)14-4-2-13(3-5-14)10-19-20(24)16-8-9-18-17(21(16)28-19)11-23(12-27-18)15-6-7-15/h2-5,8-10,15H,6-7,11-12H2,1H3/b19-10-. The molecule has 0 atom stereocenters. The number of ketones is 1. The minimum atomic E-state index is -0.397. The van der Waals surface area contributed by atoms with Gasteiger partial charge >= 0.3 is 5.97 Å². The Morgan fingerprint density at radius 3 is 2.68 bits per heavy atom. The maximum Gasteiger partial charge on any atom is 0.337 e. The first-order valence-corrected chi connectivity index (χ1v) is 9.29. The zero-order chi connectivity index (χ0) is 19.3. The molecule has 0 aromatic heterocycles. The monoisotopic (exact) mass is 377 g/mol. The van der Waals surface area contributed by atoms with Gasteiger partial charge < -0.3 is 14.2 Å². The molecule has 3 aliphatic rings. The second kappa shape index (κ2) is 6.49. The molecule has 6 nitrogen and oxygen atoms in total. The number of fused-ring (bicyclic) bond motifs is 3. The molecule has 2 aromatic carbocycles. The summed E-state index contributed by atoms with van der Waals surface area (Å²) in [6.45, 7) is 1.32. The van der Waals surface area contributed by atoms with E-state index < -0.39 is 5.97 Å². The highest BCUT2D eigenvalue weighted by Crippen LogP contribution is 2.43. The van der Waals surface area contributed by atoms with Crippen molar-refractivity contribution in [3.05, 3.63) is 64.4 Å². The lowest BCUT2D eigenvalue weighted by Gasteiger charge is -2.29. The van der Waals surface area contributed by atoms with E-state index in [9.17, 15) is 9.59 Å². The molecule has 0 bridgehead atoms. The Hall–Kier alpha value is -3.12. The summed E-state index contributed by atoms with van der Waals surface area (Å²) in [6.07, 6.45) is 4.08. The summed E-state index contributed by atoms with van der Waals surface area (Å²) in [5.74, 6) is 1.13. The largest absolute Gasteiger partial charge is 0.478 e. The lowest BCUT2D eigenvalue weighted by molar-refractivity contribution is 0.0600. The van der Waals surface area contributed by atoms with Crippen molar-refractivity contribution in [2.45, 2.75) is 25.4 Å². The van der Waals surface area contributed by atoms with Gasteiger partial charge in [0, 0.05) is 12.6 Å². The maximum atomic E-state index is 12.8. The molecule has 1 fully saturated rings. The Bertz CT molecular complexity index is 1000. The highest BCUT2D eigenvalue weighted by atomic mass is 16.5. The van der Waals surface area contributed by atoms with Crippen LogP contribution in [0.2, 0.25) is 0 Å². The number of rotatable bonds is 3. The third kappa shape index (κ3) is 2.86. The summed E-state index contributed by atoms with van der Waals surface area (Å²) in [5.41, 5.74) is 2.73. The van der Waals surface area contributed by atoms with Crippen molar-refractivity contribution in [1.82, 2.24) is 4.90 Å². The minimum absolute atomic E-state index is 0.140. The zero-order valence-corrected chi connectivity index (χ0v) is 15.4. The molecule has 0 spiro atoms. The lowest BCUT2D eigenvalue weighted by Crippen LogP contribution is -2.33. The van der Waals surface area contributed by atoms with Crippen molar-refractivity contribution in [3.8, 4) is 11.5 Å². The van der Waals surface area contributed by atoms with Gasteiger partial charge in [0.15, 0.2) is 5.76 Å². The topological polar surface area (TPSA) is 65.1 Å². The van der Waals surface area contributed by atoms with Gasteiger partial charge in [-0.1, -0.05) is 12.1 Å². The Balaban J connectivity index is 1.44. The van der Waals surface area contributed by atoms with Crippen LogP contribution in [0.1, 0.15) is 44.7 Å². The van der Waals surface area contributed by atoms with E-state index in [-0.39, 0.29) is 11.5 Å². The number of ether oxygens (including phenoxy) is 3. The van der Waals surface area contributed by atoms with Crippen LogP contribution < -0.4 is 9.47 Å². The van der Waals surface area contributed by atoms with Crippen LogP contribution in [0.3, 0.4) is 0 Å². The summed E-state index contributed by atoms with van der Waals surface area (Å²) in [6, 6.07) is 11.0. The fourth-order valence-corrected chi connectivity index (χ4v) is 3.63. The highest BCUT2D eigenvalue weighted by molar-refractivity contribution is 6.15. The van der Waals surface area contributed by atoms with E-state index in [1.54, 1.807) is 36.4 Å². The van der Waals surface area contributed by atoms with Gasteiger partial charge in [0.1, 0.15) is 18.2 Å². The molecule has 0 saturated heterocycles. The second-order valence-electron chi connectivity index (χ2n) is 7.22. The third-order valence-corrected chi connectivity index (χ3v) is 5.34. The summed E-state index contributed by atoms with van der Waals surface area (Å²) in [7, 11) is 1.34. The molecule has 0 unspecified atom stereocenters. The van der Waals surface area contributed by atoms with Gasteiger partial charge in [-0.05, 0) is 48.7 Å². The van der Waals surface area contributed by atoms with E-state index in [1.807, 2.05) is 6.07 Å². The SMILES string of the molecule is COC(=O)c1ccc(/C=C2\Oc3c(ccc4c3CN(C3CC3)CO4)C2=O)cc1. The normalized spacial score (nSPS) is 19.6. The van der Waals surface area contributed by atoms with E-state index in [4.69, 9.17) is 14.2 Å². The quantitative estimate of drug-likeness (QED) is 0.603. The predicted octanol–water partition coefficient (Wildman–Crippen LogP) is 3.40. The van der Waals surface area contributed by atoms with Gasteiger partial charge in [0.2, 0.25) is 5.78 Å². The molecule has 28 heavy (non-hydrogen) atoms. The van der Waals surface area contributed by atoms with Crippen LogP contribution in [0.5, 0.6) is 11.5 Å². The molecule has 0 amide bonds. The lowest BCUT2D eigenvalue weighted by atomic mass is 10.0. The fourth-order valence-electron chi connectivity index (χ4n) is 3.63. The Morgan fingerprint density at radius 2 is 1.96 bits per heavy atom. The van der Waals surface area contributed by atoms with Gasteiger partial charge in [-0.15, -0.1) is 0 Å². The van der Waals surface area contributed by atoms with E-state index in [1.165, 1.54) is 20.0 Å². The van der Waals surface area contributed by atoms with Crippen LogP contribution in [-0.2, 0) is 11.3 Å². The van der Waals surface area contributed by atoms with E-state index in [2.05, 4.69) is 4.90 Å². The first kappa shape index (κ1) is 17.0. The van der Waals surface area contributed by atoms with Crippen LogP contribution in [0.25, 0.3) is 6.08 Å². The Kier molecular flexibility index (Phi) is 3.94. The minimum Gasteiger partial charge on any atom is -0.478 e. The van der Waals surface area contributed by atoms with Crippen LogP contribution in [0.15, 0.2) is 42.2 Å². The molecule has 2 aromatic rings. The van der Waals surface area contributed by atoms with Crippen molar-refractivity contribution in [1.29, 1.82) is 0 Å². The van der Waals surface area contributed by atoms with Crippen molar-refractivity contribution in [2.75, 3.05) is 13.8 Å². The number of hydrogen-bond acceptors (Lipinski definition) is 6. The number of carbonyl (C=O) groups is 2. The van der Waals surface area contributed by atoms with Crippen molar-refractivity contribution < 1.29 is 23.8 Å². The molecule has 1 aliphatic carbocycles. The van der Waals surface area contributed by atoms with Crippen molar-refractivity contribution >= 4 is 17.8 Å². The molecule has 5 rings (SSSR count). The predicted molar refractivity (Wildman–Crippen MR) is 101 cm³/mol. The van der Waals surface area contributed by atoms with Crippen LogP contribution in [0, 0.1) is 0 Å². The number of allylic oxidation sites excluding steroid dienone is 1. The number of carbonyl (C=O) groups excluding carboxylic acids is 2. The summed E-state index contributed by atoms with van der Waals surface area (Å²) < 4.78 is 16.6. The molecule has 0 radical (unpaired) electrons. The van der Waals surface area contributed by atoms with E-state index in [0.717, 1.165) is 23.4 Å². The Morgan fingerprint density at radius 1 is 1.18 bits per heavy atom. The molecule has 0 N–H and O–H groups in total. The number of Topliss-reactive ketones (excluding diaryl/α,β-unsaturated/α-hetero) is 1. The van der Waals surface area contributed by atoms with Crippen molar-refractivity contribution in [2.24, 2.45) is 0 Å². The Labute approximate surface area is 162 Å². The first-order chi connectivity index (χ1) is 13.6. The average Bonchev–Trinajstić information content (AvgIpc) is 3.53. The van der Waals surface area contributed by atoms with Crippen molar-refractivity contribution in [3.63, 3.8) is 0 Å². The molecule has 2 aliphatic heterocycles. The average molecular weight is 377 g/mol. The fraction of sp³-hybridized carbons (Fsp3) is 0.273. The molecule has 1 saturated carbocycles. The second-order valence-corrected chi connectivity index (χ2v) is 7.22. The van der Waals surface area contributed by atoms with Crippen LogP contribution in [-0.4, -0.2) is 36.5 Å². The van der Waals surface area contributed by atoms with Crippen LogP contribution in [0.4, 0.5) is 0 Å². The number of hydrogen-bond donors (Lipinski definition) is 0. The summed E-state index contributed by atoms with van der Waals surface area (Å²) >= 11 is 0.